The summed E-state index contributed by atoms with van der Waals surface area (Å²) in [6.45, 7) is 4.12. The number of aliphatic hydroxyl groups is 1. The highest BCUT2D eigenvalue weighted by molar-refractivity contribution is 5.74. The van der Waals surface area contributed by atoms with Crippen molar-refractivity contribution < 1.29 is 23.1 Å². The predicted octanol–water partition coefficient (Wildman–Crippen LogP) is 2.87. The van der Waals surface area contributed by atoms with Gasteiger partial charge in [0.05, 0.1) is 12.6 Å². The summed E-state index contributed by atoms with van der Waals surface area (Å²) in [5.74, 6) is -3.87. The molecule has 1 aromatic rings. The first-order valence-corrected chi connectivity index (χ1v) is 7.59. The molecule has 1 aliphatic rings. The van der Waals surface area contributed by atoms with E-state index in [0.717, 1.165) is 25.0 Å². The van der Waals surface area contributed by atoms with E-state index >= 15 is 0 Å². The van der Waals surface area contributed by atoms with E-state index in [1.807, 2.05) is 0 Å². The molecular weight excluding hydrogens is 309 g/mol. The third kappa shape index (κ3) is 3.96. The van der Waals surface area contributed by atoms with Crippen LogP contribution in [0.2, 0.25) is 0 Å². The van der Waals surface area contributed by atoms with Crippen LogP contribution < -0.4 is 10.6 Å². The molecule has 2 amide bonds. The van der Waals surface area contributed by atoms with Gasteiger partial charge in [0.15, 0.2) is 17.5 Å². The van der Waals surface area contributed by atoms with Gasteiger partial charge in [-0.25, -0.2) is 18.0 Å². The smallest absolute Gasteiger partial charge is 0.315 e. The number of rotatable bonds is 6. The first-order chi connectivity index (χ1) is 10.8. The summed E-state index contributed by atoms with van der Waals surface area (Å²) in [5, 5.41) is 14.5. The van der Waals surface area contributed by atoms with Gasteiger partial charge >= 0.3 is 6.03 Å². The van der Waals surface area contributed by atoms with Gasteiger partial charge in [-0.15, -0.1) is 0 Å². The highest BCUT2D eigenvalue weighted by atomic mass is 19.2. The summed E-state index contributed by atoms with van der Waals surface area (Å²) < 4.78 is 39.5. The van der Waals surface area contributed by atoms with Crippen LogP contribution in [0.25, 0.3) is 0 Å². The fraction of sp³-hybridized carbons (Fsp3) is 0.562. The quantitative estimate of drug-likeness (QED) is 0.703. The van der Waals surface area contributed by atoms with E-state index in [0.29, 0.717) is 12.5 Å². The van der Waals surface area contributed by atoms with Gasteiger partial charge < -0.3 is 15.7 Å². The standard InChI is InChI=1S/C16H21F3N2O2/c1-9(2)16(3-4-16)8-20-15(23)21-13(7-22)10-5-11(17)14(19)12(18)6-10/h5-6,9,13,22H,3-4,7-8H2,1-2H3,(H2,20,21,23). The minimum absolute atomic E-state index is 0.0379. The lowest BCUT2D eigenvalue weighted by molar-refractivity contribution is 0.212. The second-order valence-corrected chi connectivity index (χ2v) is 6.38. The molecule has 1 fully saturated rings. The Bertz CT molecular complexity index is 566. The molecular formula is C16H21F3N2O2. The predicted molar refractivity (Wildman–Crippen MR) is 79.2 cm³/mol. The molecule has 1 unspecified atom stereocenters. The second-order valence-electron chi connectivity index (χ2n) is 6.38. The molecule has 2 rings (SSSR count). The van der Waals surface area contributed by atoms with E-state index < -0.39 is 36.1 Å². The van der Waals surface area contributed by atoms with Crippen LogP contribution in [-0.4, -0.2) is 24.3 Å². The summed E-state index contributed by atoms with van der Waals surface area (Å²) in [4.78, 5) is 11.9. The number of nitrogens with one attached hydrogen (secondary N) is 2. The van der Waals surface area contributed by atoms with Crippen LogP contribution >= 0.6 is 0 Å². The molecule has 23 heavy (non-hydrogen) atoms. The molecule has 0 bridgehead atoms. The molecule has 4 nitrogen and oxygen atoms in total. The zero-order valence-corrected chi connectivity index (χ0v) is 13.1. The molecule has 1 aromatic carbocycles. The monoisotopic (exact) mass is 330 g/mol. The highest BCUT2D eigenvalue weighted by Gasteiger charge is 2.45. The van der Waals surface area contributed by atoms with Gasteiger partial charge in [-0.3, -0.25) is 0 Å². The maximum Gasteiger partial charge on any atom is 0.315 e. The van der Waals surface area contributed by atoms with E-state index in [1.165, 1.54) is 0 Å². The number of urea groups is 1. The van der Waals surface area contributed by atoms with E-state index in [4.69, 9.17) is 0 Å². The molecule has 7 heteroatoms. The van der Waals surface area contributed by atoms with Gasteiger partial charge in [-0.05, 0) is 41.9 Å². The molecule has 0 heterocycles. The summed E-state index contributed by atoms with van der Waals surface area (Å²) in [6.07, 6.45) is 2.09. The zero-order valence-electron chi connectivity index (χ0n) is 13.1. The minimum Gasteiger partial charge on any atom is -0.394 e. The number of carbonyl (C=O) groups is 1. The minimum atomic E-state index is -1.58. The summed E-state index contributed by atoms with van der Waals surface area (Å²) in [6, 6.07) is -0.0403. The molecule has 0 aromatic heterocycles. The third-order valence-electron chi connectivity index (χ3n) is 4.61. The van der Waals surface area contributed by atoms with Crippen molar-refractivity contribution >= 4 is 6.03 Å². The Hall–Kier alpha value is -1.76. The van der Waals surface area contributed by atoms with Crippen molar-refractivity contribution in [3.8, 4) is 0 Å². The van der Waals surface area contributed by atoms with Crippen LogP contribution in [0, 0.1) is 28.8 Å². The molecule has 1 aliphatic carbocycles. The van der Waals surface area contributed by atoms with Crippen molar-refractivity contribution in [2.75, 3.05) is 13.2 Å². The van der Waals surface area contributed by atoms with Crippen LogP contribution in [0.1, 0.15) is 38.3 Å². The molecule has 0 spiro atoms. The second kappa shape index (κ2) is 6.78. The molecule has 1 saturated carbocycles. The van der Waals surface area contributed by atoms with Crippen LogP contribution in [0.3, 0.4) is 0 Å². The fourth-order valence-electron chi connectivity index (χ4n) is 2.60. The number of hydrogen-bond donors (Lipinski definition) is 3. The van der Waals surface area contributed by atoms with Crippen molar-refractivity contribution in [2.45, 2.75) is 32.7 Å². The van der Waals surface area contributed by atoms with Gasteiger partial charge in [-0.1, -0.05) is 13.8 Å². The van der Waals surface area contributed by atoms with Gasteiger partial charge in [-0.2, -0.15) is 0 Å². The molecule has 0 aliphatic heterocycles. The topological polar surface area (TPSA) is 61.4 Å². The summed E-state index contributed by atoms with van der Waals surface area (Å²) in [7, 11) is 0. The van der Waals surface area contributed by atoms with Crippen molar-refractivity contribution in [2.24, 2.45) is 11.3 Å². The molecule has 0 saturated heterocycles. The Labute approximate surface area is 133 Å². The van der Waals surface area contributed by atoms with Crippen molar-refractivity contribution in [3.05, 3.63) is 35.1 Å². The first kappa shape index (κ1) is 17.6. The largest absolute Gasteiger partial charge is 0.394 e. The fourth-order valence-corrected chi connectivity index (χ4v) is 2.60. The van der Waals surface area contributed by atoms with Gasteiger partial charge in [0.25, 0.3) is 0 Å². The molecule has 1 atom stereocenters. The zero-order chi connectivity index (χ0) is 17.2. The third-order valence-corrected chi connectivity index (χ3v) is 4.61. The maximum absolute atomic E-state index is 13.3. The number of aliphatic hydroxyl groups excluding tert-OH is 1. The highest BCUT2D eigenvalue weighted by Crippen LogP contribution is 2.51. The lowest BCUT2D eigenvalue weighted by Gasteiger charge is -2.22. The average Bonchev–Trinajstić information content (AvgIpc) is 3.29. The molecule has 0 radical (unpaired) electrons. The van der Waals surface area contributed by atoms with Crippen LogP contribution in [0.15, 0.2) is 12.1 Å². The Morgan fingerprint density at radius 3 is 2.26 bits per heavy atom. The number of hydrogen-bond acceptors (Lipinski definition) is 2. The Balaban J connectivity index is 1.98. The Kier molecular flexibility index (Phi) is 5.19. The number of amides is 2. The normalized spacial score (nSPS) is 17.0. The van der Waals surface area contributed by atoms with E-state index in [-0.39, 0.29) is 11.0 Å². The SMILES string of the molecule is CC(C)C1(CNC(=O)NC(CO)c2cc(F)c(F)c(F)c2)CC1. The number of carbonyl (C=O) groups excluding carboxylic acids is 1. The van der Waals surface area contributed by atoms with Crippen molar-refractivity contribution in [1.29, 1.82) is 0 Å². The van der Waals surface area contributed by atoms with Crippen molar-refractivity contribution in [3.63, 3.8) is 0 Å². The number of benzene rings is 1. The van der Waals surface area contributed by atoms with E-state index in [9.17, 15) is 23.1 Å². The Morgan fingerprint density at radius 2 is 1.83 bits per heavy atom. The van der Waals surface area contributed by atoms with Crippen LogP contribution in [-0.2, 0) is 0 Å². The van der Waals surface area contributed by atoms with Crippen molar-refractivity contribution in [1.82, 2.24) is 10.6 Å². The molecule has 128 valence electrons. The van der Waals surface area contributed by atoms with Crippen LogP contribution in [0.4, 0.5) is 18.0 Å². The van der Waals surface area contributed by atoms with Gasteiger partial charge in [0, 0.05) is 6.54 Å². The Morgan fingerprint density at radius 1 is 1.26 bits per heavy atom. The summed E-state index contributed by atoms with van der Waals surface area (Å²) in [5.41, 5.74) is 0.0733. The van der Waals surface area contributed by atoms with Crippen LogP contribution in [0.5, 0.6) is 0 Å². The summed E-state index contributed by atoms with van der Waals surface area (Å²) >= 11 is 0. The van der Waals surface area contributed by atoms with Gasteiger partial charge in [0.1, 0.15) is 0 Å². The lowest BCUT2D eigenvalue weighted by atomic mass is 9.92. The average molecular weight is 330 g/mol. The van der Waals surface area contributed by atoms with Gasteiger partial charge in [0.2, 0.25) is 0 Å². The lowest BCUT2D eigenvalue weighted by Crippen LogP contribution is -2.42. The number of halogens is 3. The van der Waals surface area contributed by atoms with E-state index in [2.05, 4.69) is 24.5 Å². The van der Waals surface area contributed by atoms with E-state index in [1.54, 1.807) is 0 Å². The molecule has 3 N–H and O–H groups in total. The maximum atomic E-state index is 13.3. The first-order valence-electron chi connectivity index (χ1n) is 7.59.